The molecule has 0 spiro atoms. The summed E-state index contributed by atoms with van der Waals surface area (Å²) in [6, 6.07) is 1.89. The summed E-state index contributed by atoms with van der Waals surface area (Å²) in [6.45, 7) is 1.62. The van der Waals surface area contributed by atoms with Gasteiger partial charge in [-0.05, 0) is 18.9 Å². The van der Waals surface area contributed by atoms with E-state index in [9.17, 15) is 0 Å². The summed E-state index contributed by atoms with van der Waals surface area (Å²) in [5.74, 6) is 5.48. The zero-order chi connectivity index (χ0) is 9.97. The molecule has 2 rings (SSSR count). The van der Waals surface area contributed by atoms with Gasteiger partial charge in [0.15, 0.2) is 0 Å². The van der Waals surface area contributed by atoms with E-state index in [4.69, 9.17) is 5.11 Å². The number of H-pyrrole nitrogens is 2. The minimum absolute atomic E-state index is 0.630. The van der Waals surface area contributed by atoms with Crippen molar-refractivity contribution < 1.29 is 10.1 Å². The SMILES string of the molecule is C[C@H](O)C#Cc1nc[nH+]c2[nH]ccc12. The van der Waals surface area contributed by atoms with E-state index in [0.717, 1.165) is 11.0 Å². The third kappa shape index (κ3) is 1.58. The highest BCUT2D eigenvalue weighted by Gasteiger charge is 2.06. The van der Waals surface area contributed by atoms with Gasteiger partial charge in [-0.1, -0.05) is 5.92 Å². The second kappa shape index (κ2) is 3.48. The van der Waals surface area contributed by atoms with Crippen molar-refractivity contribution >= 4 is 11.0 Å². The number of hydrogen-bond acceptors (Lipinski definition) is 2. The van der Waals surface area contributed by atoms with Crippen LogP contribution in [0.1, 0.15) is 12.6 Å². The minimum Gasteiger partial charge on any atom is -0.381 e. The van der Waals surface area contributed by atoms with Crippen LogP contribution < -0.4 is 4.98 Å². The van der Waals surface area contributed by atoms with Crippen LogP contribution in [0.2, 0.25) is 0 Å². The number of aromatic nitrogens is 3. The van der Waals surface area contributed by atoms with Gasteiger partial charge in [0.1, 0.15) is 11.5 Å². The summed E-state index contributed by atoms with van der Waals surface area (Å²) >= 11 is 0. The van der Waals surface area contributed by atoms with Crippen molar-refractivity contribution in [1.82, 2.24) is 9.97 Å². The summed E-state index contributed by atoms with van der Waals surface area (Å²) in [5.41, 5.74) is 1.55. The van der Waals surface area contributed by atoms with Gasteiger partial charge >= 0.3 is 0 Å². The fourth-order valence-electron chi connectivity index (χ4n) is 1.19. The number of aliphatic hydroxyl groups is 1. The Hall–Kier alpha value is -1.86. The number of aliphatic hydroxyl groups excluding tert-OH is 1. The van der Waals surface area contributed by atoms with Gasteiger partial charge in [-0.15, -0.1) is 4.98 Å². The van der Waals surface area contributed by atoms with Crippen LogP contribution in [-0.2, 0) is 0 Å². The summed E-state index contributed by atoms with van der Waals surface area (Å²) in [4.78, 5) is 10.1. The topological polar surface area (TPSA) is 63.1 Å². The summed E-state index contributed by atoms with van der Waals surface area (Å²) < 4.78 is 0. The zero-order valence-electron chi connectivity index (χ0n) is 7.70. The number of nitrogens with one attached hydrogen (secondary N) is 2. The lowest BCUT2D eigenvalue weighted by atomic mass is 10.2. The maximum absolute atomic E-state index is 9.02. The first-order valence-electron chi connectivity index (χ1n) is 4.31. The van der Waals surface area contributed by atoms with E-state index in [1.54, 1.807) is 13.3 Å². The Labute approximate surface area is 81.0 Å². The van der Waals surface area contributed by atoms with Gasteiger partial charge in [-0.25, -0.2) is 4.98 Å². The molecule has 4 heteroatoms. The van der Waals surface area contributed by atoms with Crippen molar-refractivity contribution in [3.8, 4) is 11.8 Å². The highest BCUT2D eigenvalue weighted by atomic mass is 16.3. The van der Waals surface area contributed by atoms with E-state index >= 15 is 0 Å². The van der Waals surface area contributed by atoms with Gasteiger partial charge in [-0.3, -0.25) is 4.98 Å². The van der Waals surface area contributed by atoms with Gasteiger partial charge in [0.2, 0.25) is 17.7 Å². The maximum atomic E-state index is 9.02. The lowest BCUT2D eigenvalue weighted by Crippen LogP contribution is -2.05. The molecule has 4 nitrogen and oxygen atoms in total. The predicted octanol–water partition coefficient (Wildman–Crippen LogP) is 0.109. The smallest absolute Gasteiger partial charge is 0.235 e. The third-order valence-electron chi connectivity index (χ3n) is 1.80. The van der Waals surface area contributed by atoms with E-state index in [2.05, 4.69) is 26.8 Å². The maximum Gasteiger partial charge on any atom is 0.235 e. The number of rotatable bonds is 0. The number of nitrogens with zero attached hydrogens (tertiary/aromatic N) is 1. The summed E-state index contributed by atoms with van der Waals surface area (Å²) in [6.07, 6.45) is 2.76. The fraction of sp³-hybridized carbons (Fsp3) is 0.200. The molecule has 0 bridgehead atoms. The fourth-order valence-corrected chi connectivity index (χ4v) is 1.19. The zero-order valence-corrected chi connectivity index (χ0v) is 7.70. The molecule has 0 saturated carbocycles. The average molecular weight is 188 g/mol. The molecule has 0 unspecified atom stereocenters. The summed E-state index contributed by atoms with van der Waals surface area (Å²) in [7, 11) is 0. The van der Waals surface area contributed by atoms with Crippen LogP contribution in [0.25, 0.3) is 11.0 Å². The van der Waals surface area contributed by atoms with E-state index < -0.39 is 6.10 Å². The van der Waals surface area contributed by atoms with Crippen molar-refractivity contribution in [1.29, 1.82) is 0 Å². The van der Waals surface area contributed by atoms with Crippen LogP contribution in [0.5, 0.6) is 0 Å². The monoisotopic (exact) mass is 188 g/mol. The van der Waals surface area contributed by atoms with Crippen molar-refractivity contribution in [2.75, 3.05) is 0 Å². The summed E-state index contributed by atoms with van der Waals surface area (Å²) in [5, 5.41) is 9.95. The lowest BCUT2D eigenvalue weighted by molar-refractivity contribution is -0.352. The molecule has 2 aromatic heterocycles. The molecule has 0 aliphatic carbocycles. The molecule has 0 radical (unpaired) electrons. The van der Waals surface area contributed by atoms with E-state index in [-0.39, 0.29) is 0 Å². The first-order valence-corrected chi connectivity index (χ1v) is 4.31. The van der Waals surface area contributed by atoms with Gasteiger partial charge in [0.25, 0.3) is 0 Å². The standard InChI is InChI=1S/C10H9N3O/c1-7(14)2-3-9-8-4-5-11-10(8)13-6-12-9/h4-7,14H,1H3,(H,11,12,13)/p+1/t7-/m0/s1. The van der Waals surface area contributed by atoms with Crippen molar-refractivity contribution in [3.63, 3.8) is 0 Å². The molecule has 0 saturated heterocycles. The van der Waals surface area contributed by atoms with Gasteiger partial charge in [0.05, 0.1) is 6.20 Å². The molecule has 1 atom stereocenters. The molecule has 14 heavy (non-hydrogen) atoms. The molecular weight excluding hydrogens is 178 g/mol. The van der Waals surface area contributed by atoms with Crippen LogP contribution in [0, 0.1) is 11.8 Å². The van der Waals surface area contributed by atoms with Crippen molar-refractivity contribution in [2.24, 2.45) is 0 Å². The molecule has 3 N–H and O–H groups in total. The highest BCUT2D eigenvalue weighted by Crippen LogP contribution is 2.08. The molecule has 70 valence electrons. The van der Waals surface area contributed by atoms with Gasteiger partial charge in [-0.2, -0.15) is 0 Å². The highest BCUT2D eigenvalue weighted by molar-refractivity contribution is 5.78. The Morgan fingerprint density at radius 3 is 3.29 bits per heavy atom. The van der Waals surface area contributed by atoms with Crippen LogP contribution in [0.15, 0.2) is 18.6 Å². The van der Waals surface area contributed by atoms with E-state index in [1.165, 1.54) is 0 Å². The number of fused-ring (bicyclic) bond motifs is 1. The quantitative estimate of drug-likeness (QED) is 0.576. The Bertz CT molecular complexity index is 505. The van der Waals surface area contributed by atoms with E-state index in [1.807, 2.05) is 12.3 Å². The number of aromatic amines is 2. The van der Waals surface area contributed by atoms with E-state index in [0.29, 0.717) is 5.69 Å². The van der Waals surface area contributed by atoms with Crippen LogP contribution in [0.4, 0.5) is 0 Å². The molecule has 0 amide bonds. The first kappa shape index (κ1) is 8.73. The largest absolute Gasteiger partial charge is 0.381 e. The van der Waals surface area contributed by atoms with Crippen molar-refractivity contribution in [2.45, 2.75) is 13.0 Å². The molecule has 0 aliphatic heterocycles. The first-order chi connectivity index (χ1) is 6.77. The van der Waals surface area contributed by atoms with Crippen LogP contribution >= 0.6 is 0 Å². The lowest BCUT2D eigenvalue weighted by Gasteiger charge is -1.88. The van der Waals surface area contributed by atoms with Gasteiger partial charge in [0, 0.05) is 0 Å². The van der Waals surface area contributed by atoms with Crippen molar-refractivity contribution in [3.05, 3.63) is 24.3 Å². The Morgan fingerprint density at radius 1 is 1.64 bits per heavy atom. The van der Waals surface area contributed by atoms with Gasteiger partial charge < -0.3 is 5.11 Å². The number of hydrogen-bond donors (Lipinski definition) is 2. The second-order valence-electron chi connectivity index (χ2n) is 2.96. The molecule has 0 fully saturated rings. The normalized spacial score (nSPS) is 12.1. The Morgan fingerprint density at radius 2 is 2.50 bits per heavy atom. The molecule has 2 heterocycles. The molecule has 0 aliphatic rings. The van der Waals surface area contributed by atoms with Crippen LogP contribution in [-0.4, -0.2) is 21.2 Å². The third-order valence-corrected chi connectivity index (χ3v) is 1.80. The van der Waals surface area contributed by atoms with Crippen LogP contribution in [0.3, 0.4) is 0 Å². The second-order valence-corrected chi connectivity index (χ2v) is 2.96. The Kier molecular flexibility index (Phi) is 2.17. The average Bonchev–Trinajstić information content (AvgIpc) is 2.62. The Balaban J connectivity index is 2.53. The molecule has 2 aromatic rings. The molecular formula is C10H10N3O+. The molecule has 0 aromatic carbocycles. The minimum atomic E-state index is -0.630. The predicted molar refractivity (Wildman–Crippen MR) is 51.2 cm³/mol.